The van der Waals surface area contributed by atoms with Crippen molar-refractivity contribution in [1.82, 2.24) is 0 Å². The first-order valence-electron chi connectivity index (χ1n) is 10.3. The van der Waals surface area contributed by atoms with Gasteiger partial charge in [0.2, 0.25) is 0 Å². The Bertz CT molecular complexity index is 625. The van der Waals surface area contributed by atoms with Gasteiger partial charge >= 0.3 is 5.97 Å². The van der Waals surface area contributed by atoms with Gasteiger partial charge in [0.15, 0.2) is 0 Å². The fourth-order valence-corrected chi connectivity index (χ4v) is 3.45. The smallest absolute Gasteiger partial charge is 0.331 e. The van der Waals surface area contributed by atoms with Crippen LogP contribution in [0.4, 0.5) is 0 Å². The molecule has 0 spiro atoms. The second kappa shape index (κ2) is 12.5. The number of allylic oxidation sites excluding steroid dienone is 8. The third-order valence-corrected chi connectivity index (χ3v) is 5.34. The van der Waals surface area contributed by atoms with Crippen LogP contribution in [0.5, 0.6) is 0 Å². The third-order valence-electron chi connectivity index (χ3n) is 5.34. The van der Waals surface area contributed by atoms with Crippen LogP contribution < -0.4 is 0 Å². The lowest BCUT2D eigenvalue weighted by molar-refractivity contribution is -0.132. The molecule has 150 valence electrons. The lowest BCUT2D eigenvalue weighted by Gasteiger charge is -2.19. The maximum absolute atomic E-state index is 11.6. The molecule has 1 atom stereocenters. The molecule has 2 nitrogen and oxygen atoms in total. The van der Waals surface area contributed by atoms with Gasteiger partial charge < -0.3 is 5.11 Å². The summed E-state index contributed by atoms with van der Waals surface area (Å²) in [5, 5.41) is 9.55. The highest BCUT2D eigenvalue weighted by atomic mass is 16.4. The molecule has 1 N–H and O–H groups in total. The van der Waals surface area contributed by atoms with E-state index in [2.05, 4.69) is 52.5 Å². The van der Waals surface area contributed by atoms with Gasteiger partial charge in [0.05, 0.1) is 0 Å². The molecular weight excluding hydrogens is 332 g/mol. The summed E-state index contributed by atoms with van der Waals surface area (Å²) in [5.41, 5.74) is 5.93. The molecule has 0 amide bonds. The van der Waals surface area contributed by atoms with Gasteiger partial charge in [0, 0.05) is 5.57 Å². The predicted octanol–water partition coefficient (Wildman–Crippen LogP) is 7.55. The fraction of sp³-hybridized carbons (Fsp3) is 0.560. The Morgan fingerprint density at radius 2 is 1.74 bits per heavy atom. The second-order valence-electron chi connectivity index (χ2n) is 8.16. The molecule has 0 aromatic heterocycles. The Hall–Kier alpha value is -1.83. The normalized spacial score (nSPS) is 25.6. The molecule has 0 aromatic rings. The zero-order valence-electron chi connectivity index (χ0n) is 17.8. The molecular formula is C25H38O2. The maximum Gasteiger partial charge on any atom is 0.331 e. The van der Waals surface area contributed by atoms with Crippen molar-refractivity contribution < 1.29 is 9.90 Å². The highest BCUT2D eigenvalue weighted by molar-refractivity contribution is 5.86. The minimum atomic E-state index is -0.780. The number of carbonyl (C=O) groups is 1. The Kier molecular flexibility index (Phi) is 10.8. The van der Waals surface area contributed by atoms with Crippen molar-refractivity contribution in [1.29, 1.82) is 0 Å². The monoisotopic (exact) mass is 370 g/mol. The van der Waals surface area contributed by atoms with Crippen LogP contribution >= 0.6 is 0 Å². The Morgan fingerprint density at radius 1 is 1.11 bits per heavy atom. The summed E-state index contributed by atoms with van der Waals surface area (Å²) >= 11 is 0. The molecule has 1 rings (SSSR count). The topological polar surface area (TPSA) is 37.3 Å². The molecule has 0 aromatic carbocycles. The van der Waals surface area contributed by atoms with E-state index in [1.165, 1.54) is 22.3 Å². The molecule has 0 bridgehead atoms. The minimum Gasteiger partial charge on any atom is -0.478 e. The molecule has 0 saturated heterocycles. The Labute approximate surface area is 166 Å². The van der Waals surface area contributed by atoms with E-state index < -0.39 is 5.97 Å². The highest BCUT2D eigenvalue weighted by Crippen LogP contribution is 2.28. The van der Waals surface area contributed by atoms with Crippen LogP contribution in [0.1, 0.15) is 85.5 Å². The number of carboxylic acids is 1. The maximum atomic E-state index is 11.6. The summed E-state index contributed by atoms with van der Waals surface area (Å²) in [6.45, 7) is 12.9. The van der Waals surface area contributed by atoms with E-state index in [0.29, 0.717) is 17.9 Å². The first-order valence-corrected chi connectivity index (χ1v) is 10.3. The Morgan fingerprint density at radius 3 is 2.37 bits per heavy atom. The second-order valence-corrected chi connectivity index (χ2v) is 8.16. The number of carboxylic acid groups (broad SMARTS) is 1. The van der Waals surface area contributed by atoms with Crippen molar-refractivity contribution in [3.63, 3.8) is 0 Å². The predicted molar refractivity (Wildman–Crippen MR) is 117 cm³/mol. The van der Waals surface area contributed by atoms with E-state index in [0.717, 1.165) is 51.4 Å². The summed E-state index contributed by atoms with van der Waals surface area (Å²) in [7, 11) is 0. The average molecular weight is 371 g/mol. The molecule has 1 aliphatic carbocycles. The summed E-state index contributed by atoms with van der Waals surface area (Å²) in [4.78, 5) is 11.6. The summed E-state index contributed by atoms with van der Waals surface area (Å²) in [5.74, 6) is -0.424. The van der Waals surface area contributed by atoms with Crippen LogP contribution in [-0.2, 0) is 4.79 Å². The summed E-state index contributed by atoms with van der Waals surface area (Å²) < 4.78 is 0. The molecule has 0 saturated carbocycles. The van der Waals surface area contributed by atoms with Crippen molar-refractivity contribution >= 4 is 5.97 Å². The molecule has 2 heteroatoms. The molecule has 0 aliphatic heterocycles. The van der Waals surface area contributed by atoms with Crippen LogP contribution in [0.3, 0.4) is 0 Å². The van der Waals surface area contributed by atoms with Gasteiger partial charge in [-0.05, 0) is 91.4 Å². The first kappa shape index (κ1) is 23.2. The zero-order chi connectivity index (χ0) is 20.2. The van der Waals surface area contributed by atoms with Crippen molar-refractivity contribution in [2.24, 2.45) is 5.92 Å². The standard InChI is InChI=1S/C25H38O2/c1-19(2)9-6-13-22(5)23-16-15-21(4)11-7-10-20(3)12-8-14-24(18-17-23)25(26)27/h9,11-12,18,23H,5-8,10,13-17H2,1-4H3,(H,26,27)/b20-12-,21-11+,24-18-/t23-/m1/s1. The first-order chi connectivity index (χ1) is 12.8. The summed E-state index contributed by atoms with van der Waals surface area (Å²) in [6.07, 6.45) is 17.2. The summed E-state index contributed by atoms with van der Waals surface area (Å²) in [6, 6.07) is 0. The minimum absolute atomic E-state index is 0.355. The fourth-order valence-electron chi connectivity index (χ4n) is 3.45. The average Bonchev–Trinajstić information content (AvgIpc) is 2.58. The van der Waals surface area contributed by atoms with Crippen molar-refractivity contribution in [2.45, 2.75) is 85.5 Å². The molecule has 0 unspecified atom stereocenters. The van der Waals surface area contributed by atoms with Gasteiger partial charge in [0.1, 0.15) is 0 Å². The lowest BCUT2D eigenvalue weighted by atomic mass is 9.86. The Balaban J connectivity index is 2.94. The lowest BCUT2D eigenvalue weighted by Crippen LogP contribution is -2.06. The van der Waals surface area contributed by atoms with Crippen LogP contribution in [0, 0.1) is 5.92 Å². The third kappa shape index (κ3) is 10.2. The van der Waals surface area contributed by atoms with Gasteiger partial charge in [-0.25, -0.2) is 4.79 Å². The largest absolute Gasteiger partial charge is 0.478 e. The molecule has 27 heavy (non-hydrogen) atoms. The van der Waals surface area contributed by atoms with Crippen molar-refractivity contribution in [3.05, 3.63) is 58.7 Å². The zero-order valence-corrected chi connectivity index (χ0v) is 17.8. The van der Waals surface area contributed by atoms with Gasteiger partial charge in [-0.2, -0.15) is 0 Å². The molecule has 0 fully saturated rings. The number of hydrogen-bond donors (Lipinski definition) is 1. The van der Waals surface area contributed by atoms with Crippen molar-refractivity contribution in [3.8, 4) is 0 Å². The van der Waals surface area contributed by atoms with Crippen LogP contribution in [0.25, 0.3) is 0 Å². The van der Waals surface area contributed by atoms with E-state index >= 15 is 0 Å². The highest BCUT2D eigenvalue weighted by Gasteiger charge is 2.14. The van der Waals surface area contributed by atoms with E-state index in [1.807, 2.05) is 6.08 Å². The van der Waals surface area contributed by atoms with E-state index in [1.54, 1.807) is 0 Å². The molecule has 0 radical (unpaired) electrons. The number of aliphatic carboxylic acids is 1. The van der Waals surface area contributed by atoms with Gasteiger partial charge in [-0.1, -0.05) is 53.2 Å². The SMILES string of the molecule is C=C(CCC=C(C)C)[C@H]1C/C=C(\C(=O)O)CC/C=C(/C)CC/C=C(\C)CC1. The quantitative estimate of drug-likeness (QED) is 0.507. The van der Waals surface area contributed by atoms with Gasteiger partial charge in [-0.15, -0.1) is 0 Å². The van der Waals surface area contributed by atoms with Crippen LogP contribution in [0.15, 0.2) is 58.7 Å². The van der Waals surface area contributed by atoms with Crippen LogP contribution in [0.2, 0.25) is 0 Å². The van der Waals surface area contributed by atoms with E-state index in [9.17, 15) is 9.90 Å². The number of rotatable bonds is 5. The van der Waals surface area contributed by atoms with E-state index in [-0.39, 0.29) is 0 Å². The van der Waals surface area contributed by atoms with Gasteiger partial charge in [-0.3, -0.25) is 0 Å². The van der Waals surface area contributed by atoms with E-state index in [4.69, 9.17) is 0 Å². The molecule has 1 aliphatic rings. The number of hydrogen-bond acceptors (Lipinski definition) is 1. The van der Waals surface area contributed by atoms with Gasteiger partial charge in [0.25, 0.3) is 0 Å². The van der Waals surface area contributed by atoms with Crippen LogP contribution in [-0.4, -0.2) is 11.1 Å². The van der Waals surface area contributed by atoms with Crippen molar-refractivity contribution in [2.75, 3.05) is 0 Å². The molecule has 0 heterocycles.